The summed E-state index contributed by atoms with van der Waals surface area (Å²) in [4.78, 5) is 23.5. The highest BCUT2D eigenvalue weighted by Crippen LogP contribution is 2.19. The van der Waals surface area contributed by atoms with Gasteiger partial charge in [0.1, 0.15) is 0 Å². The van der Waals surface area contributed by atoms with Crippen molar-refractivity contribution in [1.29, 1.82) is 0 Å². The van der Waals surface area contributed by atoms with Gasteiger partial charge in [0, 0.05) is 29.4 Å². The summed E-state index contributed by atoms with van der Waals surface area (Å²) in [5.74, 6) is -0.190. The number of benzene rings is 2. The molecule has 6 heteroatoms. The number of nitrogens with one attached hydrogen (secondary N) is 3. The molecule has 0 unspecified atom stereocenters. The Morgan fingerprint density at radius 1 is 1.00 bits per heavy atom. The summed E-state index contributed by atoms with van der Waals surface area (Å²) in [6, 6.07) is 14.1. The quantitative estimate of drug-likeness (QED) is 0.780. The number of anilines is 2. The van der Waals surface area contributed by atoms with Crippen molar-refractivity contribution in [2.45, 2.75) is 13.3 Å². The van der Waals surface area contributed by atoms with Crippen LogP contribution in [-0.2, 0) is 4.79 Å². The smallest absolute Gasteiger partial charge is 0.319 e. The van der Waals surface area contributed by atoms with Gasteiger partial charge in [0.2, 0.25) is 5.91 Å². The number of urea groups is 1. The van der Waals surface area contributed by atoms with Gasteiger partial charge in [0.05, 0.1) is 0 Å². The predicted molar refractivity (Wildman–Crippen MR) is 92.9 cm³/mol. The van der Waals surface area contributed by atoms with Gasteiger partial charge in [-0.3, -0.25) is 4.79 Å². The number of carbonyl (C=O) groups is 2. The molecule has 2 aromatic carbocycles. The number of hydrogen-bond donors (Lipinski definition) is 3. The number of rotatable bonds is 5. The van der Waals surface area contributed by atoms with Crippen LogP contribution in [-0.4, -0.2) is 18.5 Å². The fourth-order valence-electron chi connectivity index (χ4n) is 1.88. The average Bonchev–Trinajstić information content (AvgIpc) is 2.52. The lowest BCUT2D eigenvalue weighted by Crippen LogP contribution is -2.31. The van der Waals surface area contributed by atoms with Crippen LogP contribution in [0.4, 0.5) is 16.2 Å². The second-order valence-corrected chi connectivity index (χ2v) is 5.42. The third-order valence-corrected chi connectivity index (χ3v) is 3.53. The lowest BCUT2D eigenvalue weighted by molar-refractivity contribution is -0.116. The molecule has 0 radical (unpaired) electrons. The summed E-state index contributed by atoms with van der Waals surface area (Å²) in [7, 11) is 0. The minimum atomic E-state index is -0.345. The molecule has 0 spiro atoms. The Hall–Kier alpha value is -2.53. The maximum atomic E-state index is 11.8. The third-order valence-electron chi connectivity index (χ3n) is 3.12. The van der Waals surface area contributed by atoms with E-state index < -0.39 is 0 Å². The molecule has 23 heavy (non-hydrogen) atoms. The molecule has 5 nitrogen and oxygen atoms in total. The number of halogens is 1. The van der Waals surface area contributed by atoms with E-state index >= 15 is 0 Å². The molecule has 120 valence electrons. The highest BCUT2D eigenvalue weighted by Gasteiger charge is 2.06. The number of carbonyl (C=O) groups excluding carboxylic acids is 2. The third kappa shape index (κ3) is 5.64. The van der Waals surface area contributed by atoms with E-state index in [0.29, 0.717) is 16.4 Å². The Balaban J connectivity index is 1.72. The largest absolute Gasteiger partial charge is 0.337 e. The molecule has 0 heterocycles. The van der Waals surface area contributed by atoms with E-state index in [4.69, 9.17) is 11.6 Å². The van der Waals surface area contributed by atoms with Gasteiger partial charge in [-0.2, -0.15) is 0 Å². The maximum Gasteiger partial charge on any atom is 0.319 e. The van der Waals surface area contributed by atoms with Crippen LogP contribution in [0.25, 0.3) is 0 Å². The van der Waals surface area contributed by atoms with Crippen molar-refractivity contribution in [3.8, 4) is 0 Å². The lowest BCUT2D eigenvalue weighted by atomic mass is 10.2. The van der Waals surface area contributed by atoms with Crippen molar-refractivity contribution >= 4 is 34.9 Å². The zero-order valence-corrected chi connectivity index (χ0v) is 13.5. The Morgan fingerprint density at radius 3 is 2.43 bits per heavy atom. The average molecular weight is 332 g/mol. The van der Waals surface area contributed by atoms with E-state index in [9.17, 15) is 9.59 Å². The van der Waals surface area contributed by atoms with Crippen molar-refractivity contribution in [3.05, 3.63) is 59.1 Å². The zero-order chi connectivity index (χ0) is 16.7. The van der Waals surface area contributed by atoms with E-state index in [0.717, 1.165) is 5.56 Å². The summed E-state index contributed by atoms with van der Waals surface area (Å²) in [5, 5.41) is 8.65. The Morgan fingerprint density at radius 2 is 1.74 bits per heavy atom. The zero-order valence-electron chi connectivity index (χ0n) is 12.7. The van der Waals surface area contributed by atoms with Crippen LogP contribution < -0.4 is 16.0 Å². The normalized spacial score (nSPS) is 10.0. The molecule has 3 amide bonds. The fraction of sp³-hybridized carbons (Fsp3) is 0.176. The number of aryl methyl sites for hydroxylation is 1. The minimum absolute atomic E-state index is 0.174. The molecule has 0 atom stereocenters. The van der Waals surface area contributed by atoms with E-state index in [1.165, 1.54) is 0 Å². The highest BCUT2D eigenvalue weighted by molar-refractivity contribution is 6.31. The first kappa shape index (κ1) is 16.8. The van der Waals surface area contributed by atoms with Crippen LogP contribution >= 0.6 is 11.6 Å². The van der Waals surface area contributed by atoms with E-state index in [1.807, 2.05) is 31.2 Å². The highest BCUT2D eigenvalue weighted by atomic mass is 35.5. The maximum absolute atomic E-state index is 11.8. The molecule has 0 fully saturated rings. The van der Waals surface area contributed by atoms with Crippen LogP contribution in [0.3, 0.4) is 0 Å². The van der Waals surface area contributed by atoms with Gasteiger partial charge in [-0.25, -0.2) is 4.79 Å². The first-order valence-corrected chi connectivity index (χ1v) is 7.58. The molecule has 0 aliphatic heterocycles. The van der Waals surface area contributed by atoms with Crippen molar-refractivity contribution < 1.29 is 9.59 Å². The second-order valence-electron chi connectivity index (χ2n) is 5.01. The van der Waals surface area contributed by atoms with E-state index in [-0.39, 0.29) is 24.9 Å². The van der Waals surface area contributed by atoms with Gasteiger partial charge in [0.15, 0.2) is 0 Å². The van der Waals surface area contributed by atoms with Crippen molar-refractivity contribution in [2.75, 3.05) is 17.2 Å². The molecule has 0 saturated carbocycles. The Kier molecular flexibility index (Phi) is 6.00. The van der Waals surface area contributed by atoms with Crippen LogP contribution in [0.5, 0.6) is 0 Å². The number of amides is 3. The van der Waals surface area contributed by atoms with Crippen LogP contribution in [0.1, 0.15) is 12.0 Å². The van der Waals surface area contributed by atoms with Gasteiger partial charge < -0.3 is 16.0 Å². The fourth-order valence-corrected chi connectivity index (χ4v) is 2.06. The Labute approximate surface area is 140 Å². The van der Waals surface area contributed by atoms with Crippen molar-refractivity contribution in [3.63, 3.8) is 0 Å². The second kappa shape index (κ2) is 8.19. The summed E-state index contributed by atoms with van der Waals surface area (Å²) in [5.41, 5.74) is 2.28. The summed E-state index contributed by atoms with van der Waals surface area (Å²) >= 11 is 6.00. The van der Waals surface area contributed by atoms with Crippen molar-refractivity contribution in [1.82, 2.24) is 5.32 Å². The summed E-state index contributed by atoms with van der Waals surface area (Å²) in [6.07, 6.45) is 0.174. The van der Waals surface area contributed by atoms with Crippen molar-refractivity contribution in [2.24, 2.45) is 0 Å². The lowest BCUT2D eigenvalue weighted by Gasteiger charge is -2.09. The molecule has 2 rings (SSSR count). The monoisotopic (exact) mass is 331 g/mol. The summed E-state index contributed by atoms with van der Waals surface area (Å²) in [6.45, 7) is 2.13. The van der Waals surface area contributed by atoms with E-state index in [1.54, 1.807) is 24.3 Å². The molecule has 0 saturated heterocycles. The van der Waals surface area contributed by atoms with Gasteiger partial charge >= 0.3 is 6.03 Å². The van der Waals surface area contributed by atoms with Gasteiger partial charge in [0.25, 0.3) is 0 Å². The van der Waals surface area contributed by atoms with E-state index in [2.05, 4.69) is 16.0 Å². The molecular weight excluding hydrogens is 314 g/mol. The first-order valence-electron chi connectivity index (χ1n) is 7.20. The number of para-hydroxylation sites is 1. The molecule has 0 aromatic heterocycles. The van der Waals surface area contributed by atoms with Crippen LogP contribution in [0, 0.1) is 6.92 Å². The molecule has 2 aromatic rings. The molecule has 0 aliphatic carbocycles. The standard InChI is InChI=1S/C17H18ClN3O2/c1-12-7-8-14(11-15(12)18)20-16(22)9-10-19-17(23)21-13-5-3-2-4-6-13/h2-8,11H,9-10H2,1H3,(H,20,22)(H2,19,21,23). The Bertz CT molecular complexity index is 689. The molecule has 3 N–H and O–H groups in total. The van der Waals surface area contributed by atoms with Gasteiger partial charge in [-0.1, -0.05) is 35.9 Å². The van der Waals surface area contributed by atoms with Gasteiger partial charge in [-0.05, 0) is 36.8 Å². The summed E-state index contributed by atoms with van der Waals surface area (Å²) < 4.78 is 0. The van der Waals surface area contributed by atoms with Crippen LogP contribution in [0.15, 0.2) is 48.5 Å². The topological polar surface area (TPSA) is 70.2 Å². The number of hydrogen-bond acceptors (Lipinski definition) is 2. The molecule has 0 bridgehead atoms. The first-order chi connectivity index (χ1) is 11.0. The molecular formula is C17H18ClN3O2. The van der Waals surface area contributed by atoms with Crippen LogP contribution in [0.2, 0.25) is 5.02 Å². The minimum Gasteiger partial charge on any atom is -0.337 e. The SMILES string of the molecule is Cc1ccc(NC(=O)CCNC(=O)Nc2ccccc2)cc1Cl. The predicted octanol–water partition coefficient (Wildman–Crippen LogP) is 3.80. The van der Waals surface area contributed by atoms with Gasteiger partial charge in [-0.15, -0.1) is 0 Å². The molecule has 0 aliphatic rings.